The van der Waals surface area contributed by atoms with Crippen molar-refractivity contribution in [2.45, 2.75) is 49.6 Å². The number of sulfonamides is 1. The summed E-state index contributed by atoms with van der Waals surface area (Å²) in [5.41, 5.74) is 6.98. The highest BCUT2D eigenvalue weighted by Crippen LogP contribution is 2.42. The maximum absolute atomic E-state index is 13.4. The highest BCUT2D eigenvalue weighted by Gasteiger charge is 2.42. The maximum atomic E-state index is 13.4. The molecule has 2 atom stereocenters. The first-order valence-electron chi connectivity index (χ1n) is 8.93. The molecule has 0 saturated carbocycles. The number of nitrogens with two attached hydrogens (primary N) is 1. The molecule has 0 aliphatic carbocycles. The summed E-state index contributed by atoms with van der Waals surface area (Å²) in [5.74, 6) is -0.817. The summed E-state index contributed by atoms with van der Waals surface area (Å²) in [7, 11) is -3.77. The molecule has 1 aliphatic rings. The summed E-state index contributed by atoms with van der Waals surface area (Å²) >= 11 is 0. The van der Waals surface area contributed by atoms with E-state index in [9.17, 15) is 17.6 Å². The summed E-state index contributed by atoms with van der Waals surface area (Å²) in [6.07, 6.45) is 1.74. The second-order valence-corrected chi connectivity index (χ2v) is 8.79. The van der Waals surface area contributed by atoms with E-state index < -0.39 is 22.0 Å². The van der Waals surface area contributed by atoms with Crippen LogP contribution in [0.1, 0.15) is 42.9 Å². The molecule has 2 N–H and O–H groups in total. The molecule has 27 heavy (non-hydrogen) atoms. The van der Waals surface area contributed by atoms with Gasteiger partial charge in [-0.2, -0.15) is 4.31 Å². The van der Waals surface area contributed by atoms with Crippen molar-refractivity contribution in [3.63, 3.8) is 0 Å². The Kier molecular flexibility index (Phi) is 5.62. The van der Waals surface area contributed by atoms with E-state index in [4.69, 9.17) is 5.73 Å². The van der Waals surface area contributed by atoms with Crippen LogP contribution < -0.4 is 5.73 Å². The molecule has 5 nitrogen and oxygen atoms in total. The molecule has 2 aromatic carbocycles. The molecule has 1 amide bonds. The zero-order valence-corrected chi connectivity index (χ0v) is 16.0. The topological polar surface area (TPSA) is 80.5 Å². The average molecular weight is 390 g/mol. The van der Waals surface area contributed by atoms with Gasteiger partial charge in [0.2, 0.25) is 15.9 Å². The van der Waals surface area contributed by atoms with Crippen LogP contribution in [0.25, 0.3) is 0 Å². The van der Waals surface area contributed by atoms with Crippen molar-refractivity contribution in [3.8, 4) is 0 Å². The molecule has 0 aromatic heterocycles. The Labute approximate surface area is 159 Å². The average Bonchev–Trinajstić information content (AvgIpc) is 3.06. The maximum Gasteiger partial charge on any atom is 0.243 e. The van der Waals surface area contributed by atoms with Gasteiger partial charge in [0.1, 0.15) is 5.82 Å². The molecule has 1 aliphatic heterocycles. The van der Waals surface area contributed by atoms with Crippen LogP contribution >= 0.6 is 0 Å². The number of rotatable bonds is 6. The Balaban J connectivity index is 2.00. The third-order valence-electron chi connectivity index (χ3n) is 5.02. The van der Waals surface area contributed by atoms with E-state index in [1.165, 1.54) is 16.4 Å². The normalized spacial score (nSPS) is 20.7. The minimum Gasteiger partial charge on any atom is -0.370 e. The second-order valence-electron chi connectivity index (χ2n) is 6.95. The fourth-order valence-electron chi connectivity index (χ4n) is 3.63. The number of benzene rings is 2. The number of hydrogen-bond donors (Lipinski definition) is 1. The highest BCUT2D eigenvalue weighted by atomic mass is 32.2. The predicted molar refractivity (Wildman–Crippen MR) is 101 cm³/mol. The van der Waals surface area contributed by atoms with Crippen molar-refractivity contribution in [3.05, 3.63) is 65.5 Å². The fraction of sp³-hybridized carbons (Fsp3) is 0.350. The zero-order valence-electron chi connectivity index (χ0n) is 15.1. The Morgan fingerprint density at radius 2 is 1.74 bits per heavy atom. The van der Waals surface area contributed by atoms with Gasteiger partial charge in [0, 0.05) is 12.5 Å². The number of primary amides is 1. The molecule has 2 unspecified atom stereocenters. The van der Waals surface area contributed by atoms with Crippen LogP contribution in [0.2, 0.25) is 0 Å². The van der Waals surface area contributed by atoms with Gasteiger partial charge in [-0.15, -0.1) is 0 Å². The lowest BCUT2D eigenvalue weighted by Crippen LogP contribution is -2.38. The molecule has 0 bridgehead atoms. The molecular weight excluding hydrogens is 367 g/mol. The molecule has 1 saturated heterocycles. The van der Waals surface area contributed by atoms with Gasteiger partial charge in [0.25, 0.3) is 0 Å². The third-order valence-corrected chi connectivity index (χ3v) is 6.99. The first-order valence-corrected chi connectivity index (χ1v) is 10.4. The highest BCUT2D eigenvalue weighted by molar-refractivity contribution is 7.89. The number of aryl methyl sites for hydroxylation is 1. The summed E-state index contributed by atoms with van der Waals surface area (Å²) < 4.78 is 41.6. The van der Waals surface area contributed by atoms with E-state index in [0.717, 1.165) is 11.1 Å². The van der Waals surface area contributed by atoms with Crippen molar-refractivity contribution >= 4 is 15.9 Å². The SMILES string of the molecule is Cc1ccc(S(=O)(=O)N2C(CCC(N)=O)CCC2c2ccc(F)cc2)cc1. The minimum absolute atomic E-state index is 0.126. The lowest BCUT2D eigenvalue weighted by Gasteiger charge is -2.30. The zero-order chi connectivity index (χ0) is 19.6. The minimum atomic E-state index is -3.77. The van der Waals surface area contributed by atoms with Gasteiger partial charge in [-0.25, -0.2) is 12.8 Å². The van der Waals surface area contributed by atoms with E-state index in [1.54, 1.807) is 36.4 Å². The van der Waals surface area contributed by atoms with E-state index >= 15 is 0 Å². The molecule has 0 spiro atoms. The van der Waals surface area contributed by atoms with Crippen molar-refractivity contribution in [1.82, 2.24) is 4.31 Å². The number of nitrogens with zero attached hydrogens (tertiary/aromatic N) is 1. The molecule has 1 fully saturated rings. The molecule has 3 rings (SSSR count). The molecule has 2 aromatic rings. The lowest BCUT2D eigenvalue weighted by molar-refractivity contribution is -0.118. The Morgan fingerprint density at radius 1 is 1.11 bits per heavy atom. The Morgan fingerprint density at radius 3 is 2.33 bits per heavy atom. The number of hydrogen-bond acceptors (Lipinski definition) is 3. The summed E-state index contributed by atoms with van der Waals surface area (Å²) in [5, 5.41) is 0. The van der Waals surface area contributed by atoms with Gasteiger partial charge >= 0.3 is 0 Å². The molecular formula is C20H23FN2O3S. The molecule has 0 radical (unpaired) electrons. The van der Waals surface area contributed by atoms with Gasteiger partial charge in [-0.3, -0.25) is 4.79 Å². The standard InChI is InChI=1S/C20H23FN2O3S/c1-14-2-10-18(11-3-14)27(25,26)23-17(9-13-20(22)24)8-12-19(23)15-4-6-16(21)7-5-15/h2-7,10-11,17,19H,8-9,12-13H2,1H3,(H2,22,24). The quantitative estimate of drug-likeness (QED) is 0.822. The van der Waals surface area contributed by atoms with Gasteiger partial charge in [-0.1, -0.05) is 29.8 Å². The largest absolute Gasteiger partial charge is 0.370 e. The van der Waals surface area contributed by atoms with E-state index in [0.29, 0.717) is 19.3 Å². The van der Waals surface area contributed by atoms with Crippen molar-refractivity contribution in [1.29, 1.82) is 0 Å². The lowest BCUT2D eigenvalue weighted by atomic mass is 10.0. The smallest absolute Gasteiger partial charge is 0.243 e. The molecule has 1 heterocycles. The first-order chi connectivity index (χ1) is 12.8. The number of carbonyl (C=O) groups is 1. The van der Waals surface area contributed by atoms with E-state index in [2.05, 4.69) is 0 Å². The van der Waals surface area contributed by atoms with Gasteiger partial charge in [0.05, 0.1) is 10.9 Å². The van der Waals surface area contributed by atoms with Crippen LogP contribution in [0.5, 0.6) is 0 Å². The van der Waals surface area contributed by atoms with Gasteiger partial charge in [0.15, 0.2) is 0 Å². The van der Waals surface area contributed by atoms with Crippen molar-refractivity contribution < 1.29 is 17.6 Å². The van der Waals surface area contributed by atoms with Crippen LogP contribution in [-0.4, -0.2) is 24.7 Å². The van der Waals surface area contributed by atoms with E-state index in [1.807, 2.05) is 6.92 Å². The van der Waals surface area contributed by atoms with Crippen LogP contribution in [0, 0.1) is 12.7 Å². The number of halogens is 1. The molecule has 7 heteroatoms. The van der Waals surface area contributed by atoms with Gasteiger partial charge < -0.3 is 5.73 Å². The van der Waals surface area contributed by atoms with Crippen LogP contribution in [0.15, 0.2) is 53.4 Å². The predicted octanol–water partition coefficient (Wildman–Crippen LogP) is 3.29. The van der Waals surface area contributed by atoms with Crippen LogP contribution in [0.4, 0.5) is 4.39 Å². The number of carbonyl (C=O) groups excluding carboxylic acids is 1. The number of amides is 1. The second kappa shape index (κ2) is 7.78. The van der Waals surface area contributed by atoms with Crippen LogP contribution in [0.3, 0.4) is 0 Å². The van der Waals surface area contributed by atoms with E-state index in [-0.39, 0.29) is 23.2 Å². The Bertz CT molecular complexity index is 911. The van der Waals surface area contributed by atoms with Gasteiger partial charge in [-0.05, 0) is 56.0 Å². The van der Waals surface area contributed by atoms with Crippen LogP contribution in [-0.2, 0) is 14.8 Å². The van der Waals surface area contributed by atoms with Crippen molar-refractivity contribution in [2.75, 3.05) is 0 Å². The molecule has 144 valence electrons. The summed E-state index contributed by atoms with van der Waals surface area (Å²) in [4.78, 5) is 11.4. The van der Waals surface area contributed by atoms with Crippen molar-refractivity contribution in [2.24, 2.45) is 5.73 Å². The summed E-state index contributed by atoms with van der Waals surface area (Å²) in [6, 6.07) is 11.9. The first kappa shape index (κ1) is 19.5. The Hall–Kier alpha value is -2.25. The monoisotopic (exact) mass is 390 g/mol. The fourth-order valence-corrected chi connectivity index (χ4v) is 5.52. The summed E-state index contributed by atoms with van der Waals surface area (Å²) in [6.45, 7) is 1.89. The third kappa shape index (κ3) is 4.20.